The maximum absolute atomic E-state index is 12.4. The standard InChI is InChI=1S/C14H14Cl2N2O2S/c1-17-9-10-3-2-4-12(7-10)18-21(19,20)14-8-11(15)5-6-13(14)16/h2-8,17-18H,9H2,1H3. The van der Waals surface area contributed by atoms with Gasteiger partial charge in [0.05, 0.1) is 5.02 Å². The molecular formula is C14H14Cl2N2O2S. The van der Waals surface area contributed by atoms with Crippen LogP contribution in [0.1, 0.15) is 5.56 Å². The summed E-state index contributed by atoms with van der Waals surface area (Å²) in [6.07, 6.45) is 0. The van der Waals surface area contributed by atoms with E-state index in [1.54, 1.807) is 18.2 Å². The molecule has 0 aliphatic heterocycles. The Kier molecular flexibility index (Phi) is 5.11. The Hall–Kier alpha value is -1.27. The van der Waals surface area contributed by atoms with Crippen molar-refractivity contribution in [3.8, 4) is 0 Å². The summed E-state index contributed by atoms with van der Waals surface area (Å²) in [4.78, 5) is -0.0457. The maximum atomic E-state index is 12.4. The second-order valence-electron chi connectivity index (χ2n) is 4.41. The van der Waals surface area contributed by atoms with E-state index in [2.05, 4.69) is 10.0 Å². The van der Waals surface area contributed by atoms with Gasteiger partial charge in [-0.1, -0.05) is 35.3 Å². The normalized spacial score (nSPS) is 11.4. The van der Waals surface area contributed by atoms with Gasteiger partial charge in [0.25, 0.3) is 10.0 Å². The summed E-state index contributed by atoms with van der Waals surface area (Å²) in [5.74, 6) is 0. The molecule has 112 valence electrons. The van der Waals surface area contributed by atoms with Crippen molar-refractivity contribution in [3.63, 3.8) is 0 Å². The second kappa shape index (κ2) is 6.66. The predicted octanol–water partition coefficient (Wildman–Crippen LogP) is 3.51. The number of anilines is 1. The lowest BCUT2D eigenvalue weighted by Gasteiger charge is -2.11. The lowest BCUT2D eigenvalue weighted by atomic mass is 10.2. The number of rotatable bonds is 5. The van der Waals surface area contributed by atoms with Gasteiger partial charge in [-0.3, -0.25) is 4.72 Å². The zero-order chi connectivity index (χ0) is 15.5. The zero-order valence-corrected chi connectivity index (χ0v) is 13.6. The van der Waals surface area contributed by atoms with Crippen LogP contribution in [0.3, 0.4) is 0 Å². The molecule has 2 aromatic rings. The third-order valence-electron chi connectivity index (χ3n) is 2.74. The van der Waals surface area contributed by atoms with E-state index in [4.69, 9.17) is 23.2 Å². The lowest BCUT2D eigenvalue weighted by molar-refractivity contribution is 0.601. The van der Waals surface area contributed by atoms with Crippen molar-refractivity contribution in [1.29, 1.82) is 0 Å². The molecule has 2 rings (SSSR count). The van der Waals surface area contributed by atoms with E-state index in [1.165, 1.54) is 18.2 Å². The Bertz CT molecular complexity index is 748. The summed E-state index contributed by atoms with van der Waals surface area (Å²) in [5, 5.41) is 3.44. The van der Waals surface area contributed by atoms with Crippen molar-refractivity contribution in [1.82, 2.24) is 5.32 Å². The summed E-state index contributed by atoms with van der Waals surface area (Å²) in [5.41, 5.74) is 1.44. The first-order chi connectivity index (χ1) is 9.92. The minimum Gasteiger partial charge on any atom is -0.316 e. The quantitative estimate of drug-likeness (QED) is 0.872. The van der Waals surface area contributed by atoms with Gasteiger partial charge in [-0.25, -0.2) is 8.42 Å². The van der Waals surface area contributed by atoms with E-state index >= 15 is 0 Å². The molecular weight excluding hydrogens is 331 g/mol. The highest BCUT2D eigenvalue weighted by Crippen LogP contribution is 2.27. The first-order valence-electron chi connectivity index (χ1n) is 6.14. The van der Waals surface area contributed by atoms with Gasteiger partial charge in [-0.2, -0.15) is 0 Å². The van der Waals surface area contributed by atoms with Gasteiger partial charge >= 0.3 is 0 Å². The SMILES string of the molecule is CNCc1cccc(NS(=O)(=O)c2cc(Cl)ccc2Cl)c1. The molecule has 0 aliphatic carbocycles. The average Bonchev–Trinajstić information content (AvgIpc) is 2.42. The molecule has 21 heavy (non-hydrogen) atoms. The first kappa shape index (κ1) is 16.1. The number of hydrogen-bond donors (Lipinski definition) is 2. The second-order valence-corrected chi connectivity index (χ2v) is 6.91. The van der Waals surface area contributed by atoms with Crippen LogP contribution >= 0.6 is 23.2 Å². The highest BCUT2D eigenvalue weighted by Gasteiger charge is 2.18. The van der Waals surface area contributed by atoms with Gasteiger partial charge in [-0.05, 0) is 42.9 Å². The third kappa shape index (κ3) is 4.11. The number of benzene rings is 2. The molecule has 0 aliphatic rings. The maximum Gasteiger partial charge on any atom is 0.263 e. The minimum atomic E-state index is -3.79. The van der Waals surface area contributed by atoms with Gasteiger partial charge in [-0.15, -0.1) is 0 Å². The molecule has 0 bridgehead atoms. The van der Waals surface area contributed by atoms with E-state index in [9.17, 15) is 8.42 Å². The smallest absolute Gasteiger partial charge is 0.263 e. The van der Waals surface area contributed by atoms with Crippen LogP contribution in [0, 0.1) is 0 Å². The van der Waals surface area contributed by atoms with Crippen molar-refractivity contribution in [2.24, 2.45) is 0 Å². The molecule has 0 atom stereocenters. The van der Waals surface area contributed by atoms with Crippen LogP contribution in [0.4, 0.5) is 5.69 Å². The van der Waals surface area contributed by atoms with E-state index < -0.39 is 10.0 Å². The molecule has 2 aromatic carbocycles. The number of halogens is 2. The highest BCUT2D eigenvalue weighted by atomic mass is 35.5. The van der Waals surface area contributed by atoms with Gasteiger partial charge in [0.2, 0.25) is 0 Å². The van der Waals surface area contributed by atoms with Crippen LogP contribution < -0.4 is 10.0 Å². The summed E-state index contributed by atoms with van der Waals surface area (Å²) in [6.45, 7) is 0.646. The topological polar surface area (TPSA) is 58.2 Å². The Labute approximate surface area is 134 Å². The highest BCUT2D eigenvalue weighted by molar-refractivity contribution is 7.92. The van der Waals surface area contributed by atoms with Crippen molar-refractivity contribution in [2.45, 2.75) is 11.4 Å². The molecule has 0 heterocycles. The number of hydrogen-bond acceptors (Lipinski definition) is 3. The molecule has 0 aromatic heterocycles. The van der Waals surface area contributed by atoms with Crippen LogP contribution in [-0.2, 0) is 16.6 Å². The number of nitrogens with one attached hydrogen (secondary N) is 2. The van der Waals surface area contributed by atoms with Crippen molar-refractivity contribution in [3.05, 3.63) is 58.1 Å². The van der Waals surface area contributed by atoms with Gasteiger partial charge in [0, 0.05) is 17.3 Å². The van der Waals surface area contributed by atoms with Gasteiger partial charge < -0.3 is 5.32 Å². The molecule has 0 radical (unpaired) electrons. The van der Waals surface area contributed by atoms with E-state index in [0.29, 0.717) is 17.3 Å². The molecule has 0 saturated carbocycles. The Balaban J connectivity index is 2.33. The van der Waals surface area contributed by atoms with Gasteiger partial charge in [0.15, 0.2) is 0 Å². The van der Waals surface area contributed by atoms with E-state index in [1.807, 2.05) is 13.1 Å². The molecule has 4 nitrogen and oxygen atoms in total. The van der Waals surface area contributed by atoms with Crippen LogP contribution in [0.2, 0.25) is 10.0 Å². The van der Waals surface area contributed by atoms with Crippen LogP contribution in [0.15, 0.2) is 47.4 Å². The molecule has 0 spiro atoms. The molecule has 2 N–H and O–H groups in total. The largest absolute Gasteiger partial charge is 0.316 e. The fourth-order valence-corrected chi connectivity index (χ4v) is 3.66. The third-order valence-corrected chi connectivity index (χ3v) is 4.84. The summed E-state index contributed by atoms with van der Waals surface area (Å²) < 4.78 is 27.3. The van der Waals surface area contributed by atoms with Crippen molar-refractivity contribution >= 4 is 38.9 Å². The molecule has 7 heteroatoms. The Morgan fingerprint density at radius 2 is 1.86 bits per heavy atom. The van der Waals surface area contributed by atoms with E-state index in [0.717, 1.165) is 5.56 Å². The summed E-state index contributed by atoms with van der Waals surface area (Å²) >= 11 is 11.8. The Morgan fingerprint density at radius 1 is 1.10 bits per heavy atom. The molecule has 0 unspecified atom stereocenters. The zero-order valence-electron chi connectivity index (χ0n) is 11.2. The average molecular weight is 345 g/mol. The first-order valence-corrected chi connectivity index (χ1v) is 8.38. The molecule has 0 fully saturated rings. The fourth-order valence-electron chi connectivity index (χ4n) is 1.84. The van der Waals surface area contributed by atoms with Crippen molar-refractivity contribution in [2.75, 3.05) is 11.8 Å². The fraction of sp³-hybridized carbons (Fsp3) is 0.143. The van der Waals surface area contributed by atoms with E-state index in [-0.39, 0.29) is 9.92 Å². The predicted molar refractivity (Wildman–Crippen MR) is 86.5 cm³/mol. The minimum absolute atomic E-state index is 0.0457. The van der Waals surface area contributed by atoms with Crippen LogP contribution in [0.25, 0.3) is 0 Å². The van der Waals surface area contributed by atoms with Crippen molar-refractivity contribution < 1.29 is 8.42 Å². The Morgan fingerprint density at radius 3 is 2.57 bits per heavy atom. The molecule has 0 saturated heterocycles. The van der Waals surface area contributed by atoms with Crippen LogP contribution in [0.5, 0.6) is 0 Å². The summed E-state index contributed by atoms with van der Waals surface area (Å²) in [6, 6.07) is 11.4. The number of sulfonamides is 1. The lowest BCUT2D eigenvalue weighted by Crippen LogP contribution is -2.14. The summed E-state index contributed by atoms with van der Waals surface area (Å²) in [7, 11) is -1.96. The van der Waals surface area contributed by atoms with Gasteiger partial charge in [0.1, 0.15) is 4.90 Å². The molecule has 0 amide bonds. The van der Waals surface area contributed by atoms with Crippen LogP contribution in [-0.4, -0.2) is 15.5 Å². The monoisotopic (exact) mass is 344 g/mol.